The molecule has 0 saturated heterocycles. The van der Waals surface area contributed by atoms with E-state index in [1.54, 1.807) is 0 Å². The molecule has 0 amide bonds. The Labute approximate surface area is 225 Å². The van der Waals surface area contributed by atoms with E-state index in [1.807, 2.05) is 0 Å². The first kappa shape index (κ1) is 28.9. The average Bonchev–Trinajstić information content (AvgIpc) is 2.81. The van der Waals surface area contributed by atoms with Crippen LogP contribution in [0.15, 0.2) is 60.8 Å². The average molecular weight is 502 g/mol. The number of Topliss-reactive ketones (excluding diaryl/α,β-unsaturated/α-hetero) is 1. The zero-order valence-electron chi connectivity index (χ0n) is 24.0. The van der Waals surface area contributed by atoms with Gasteiger partial charge < -0.3 is 10.1 Å². The maximum Gasteiger partial charge on any atom is 0.135 e. The van der Waals surface area contributed by atoms with Crippen molar-refractivity contribution in [3.05, 3.63) is 88.6 Å². The van der Waals surface area contributed by atoms with E-state index >= 15 is 0 Å². The standard InChI is InChI=1S/C34H47NO2/c1-23(2)16-31(36)22-32(17-24(3)4)37-27(7)12-13-28-10-8-9-11-33(28)34-21-29(14-15-35-34)30-19-25(5)18-26(6)20-30/h8-11,14-15,18-21,23-24,27,32,34-35H,12-13,16-17,22H2,1-7H3/t27-,32?,34?/m1/s1. The highest BCUT2D eigenvalue weighted by atomic mass is 16.5. The fourth-order valence-corrected chi connectivity index (χ4v) is 5.36. The Hall–Kier alpha value is -2.65. The number of allylic oxidation sites excluding steroid dienone is 2. The molecule has 0 bridgehead atoms. The monoisotopic (exact) mass is 501 g/mol. The molecule has 1 heterocycles. The highest BCUT2D eigenvalue weighted by molar-refractivity contribution is 5.79. The van der Waals surface area contributed by atoms with E-state index in [4.69, 9.17) is 4.74 Å². The van der Waals surface area contributed by atoms with Crippen LogP contribution in [-0.2, 0) is 16.0 Å². The molecule has 0 saturated carbocycles. The van der Waals surface area contributed by atoms with E-state index in [0.29, 0.717) is 30.5 Å². The number of aryl methyl sites for hydroxylation is 3. The Morgan fingerprint density at radius 3 is 2.32 bits per heavy atom. The topological polar surface area (TPSA) is 38.3 Å². The first-order chi connectivity index (χ1) is 17.6. The molecule has 3 nitrogen and oxygen atoms in total. The van der Waals surface area contributed by atoms with Gasteiger partial charge in [-0.3, -0.25) is 4.79 Å². The third-order valence-corrected chi connectivity index (χ3v) is 6.90. The van der Waals surface area contributed by atoms with Gasteiger partial charge in [0, 0.05) is 12.8 Å². The van der Waals surface area contributed by atoms with Crippen molar-refractivity contribution in [2.45, 2.75) is 98.8 Å². The summed E-state index contributed by atoms with van der Waals surface area (Å²) in [6.07, 6.45) is 10.7. The first-order valence-corrected chi connectivity index (χ1v) is 14.1. The lowest BCUT2D eigenvalue weighted by Crippen LogP contribution is -2.25. The van der Waals surface area contributed by atoms with Crippen LogP contribution < -0.4 is 5.32 Å². The number of hydrogen-bond acceptors (Lipinski definition) is 3. The SMILES string of the molecule is Cc1cc(C)cc(C2=CC(c3ccccc3CC[C@@H](C)OC(CC(=O)CC(C)C)CC(C)C)NC=C2)c1. The van der Waals surface area contributed by atoms with Crippen molar-refractivity contribution in [2.24, 2.45) is 11.8 Å². The number of nitrogens with one attached hydrogen (secondary N) is 1. The van der Waals surface area contributed by atoms with E-state index in [2.05, 4.69) is 115 Å². The lowest BCUT2D eigenvalue weighted by Gasteiger charge is -2.25. The van der Waals surface area contributed by atoms with Gasteiger partial charge in [-0.2, -0.15) is 0 Å². The van der Waals surface area contributed by atoms with Gasteiger partial charge in [0.25, 0.3) is 0 Å². The third-order valence-electron chi connectivity index (χ3n) is 6.90. The van der Waals surface area contributed by atoms with Crippen molar-refractivity contribution in [1.29, 1.82) is 0 Å². The lowest BCUT2D eigenvalue weighted by atomic mass is 9.91. The molecule has 200 valence electrons. The number of ether oxygens (including phenoxy) is 1. The molecule has 0 aliphatic carbocycles. The fourth-order valence-electron chi connectivity index (χ4n) is 5.36. The number of carbonyl (C=O) groups excluding carboxylic acids is 1. The van der Waals surface area contributed by atoms with E-state index in [9.17, 15) is 4.79 Å². The fraction of sp³-hybridized carbons (Fsp3) is 0.500. The molecule has 0 fully saturated rings. The Kier molecular flexibility index (Phi) is 10.8. The lowest BCUT2D eigenvalue weighted by molar-refractivity contribution is -0.124. The summed E-state index contributed by atoms with van der Waals surface area (Å²) < 4.78 is 6.46. The molecular weight excluding hydrogens is 454 g/mol. The molecule has 0 aromatic heterocycles. The van der Waals surface area contributed by atoms with Crippen LogP contribution in [0, 0.1) is 25.7 Å². The van der Waals surface area contributed by atoms with Crippen LogP contribution >= 0.6 is 0 Å². The molecule has 3 atom stereocenters. The van der Waals surface area contributed by atoms with Gasteiger partial charge in [-0.05, 0) is 92.5 Å². The van der Waals surface area contributed by atoms with Crippen molar-refractivity contribution in [2.75, 3.05) is 0 Å². The minimum absolute atomic E-state index is 0.00456. The van der Waals surface area contributed by atoms with Crippen molar-refractivity contribution >= 4 is 11.4 Å². The summed E-state index contributed by atoms with van der Waals surface area (Å²) in [6, 6.07) is 15.6. The molecule has 2 aromatic rings. The molecule has 2 unspecified atom stereocenters. The molecule has 37 heavy (non-hydrogen) atoms. The summed E-state index contributed by atoms with van der Waals surface area (Å²) in [5.41, 5.74) is 7.75. The summed E-state index contributed by atoms with van der Waals surface area (Å²) in [6.45, 7) is 15.1. The molecule has 2 aromatic carbocycles. The highest BCUT2D eigenvalue weighted by Crippen LogP contribution is 2.30. The minimum atomic E-state index is 0.00456. The van der Waals surface area contributed by atoms with Crippen molar-refractivity contribution in [3.8, 4) is 0 Å². The predicted molar refractivity (Wildman–Crippen MR) is 157 cm³/mol. The molecule has 1 aliphatic heterocycles. The normalized spacial score (nSPS) is 17.0. The van der Waals surface area contributed by atoms with E-state index in [-0.39, 0.29) is 18.2 Å². The summed E-state index contributed by atoms with van der Waals surface area (Å²) in [5.74, 6) is 1.23. The molecule has 1 N–H and O–H groups in total. The van der Waals surface area contributed by atoms with Crippen LogP contribution in [0.25, 0.3) is 5.57 Å². The van der Waals surface area contributed by atoms with Crippen LogP contribution in [0.4, 0.5) is 0 Å². The molecular formula is C34H47NO2. The minimum Gasteiger partial charge on any atom is -0.381 e. The third kappa shape index (κ3) is 9.31. The van der Waals surface area contributed by atoms with Crippen LogP contribution in [0.1, 0.15) is 94.2 Å². The Balaban J connectivity index is 1.68. The summed E-state index contributed by atoms with van der Waals surface area (Å²) >= 11 is 0. The Bertz CT molecular complexity index is 1070. The summed E-state index contributed by atoms with van der Waals surface area (Å²) in [7, 11) is 0. The van der Waals surface area contributed by atoms with E-state index in [1.165, 1.54) is 33.4 Å². The second-order valence-electron chi connectivity index (χ2n) is 11.8. The van der Waals surface area contributed by atoms with Crippen LogP contribution in [0.2, 0.25) is 0 Å². The van der Waals surface area contributed by atoms with Gasteiger partial charge >= 0.3 is 0 Å². The zero-order valence-corrected chi connectivity index (χ0v) is 24.0. The highest BCUT2D eigenvalue weighted by Gasteiger charge is 2.21. The van der Waals surface area contributed by atoms with Crippen LogP contribution in [-0.4, -0.2) is 18.0 Å². The second-order valence-corrected chi connectivity index (χ2v) is 11.8. The van der Waals surface area contributed by atoms with Gasteiger partial charge in [0.15, 0.2) is 0 Å². The molecule has 0 radical (unpaired) electrons. The smallest absolute Gasteiger partial charge is 0.135 e. The van der Waals surface area contributed by atoms with E-state index in [0.717, 1.165) is 19.3 Å². The van der Waals surface area contributed by atoms with Crippen molar-refractivity contribution in [1.82, 2.24) is 5.32 Å². The maximum atomic E-state index is 12.5. The number of ketones is 1. The van der Waals surface area contributed by atoms with Crippen molar-refractivity contribution < 1.29 is 9.53 Å². The molecule has 0 spiro atoms. The van der Waals surface area contributed by atoms with Crippen molar-refractivity contribution in [3.63, 3.8) is 0 Å². The second kappa shape index (κ2) is 13.8. The predicted octanol–water partition coefficient (Wildman–Crippen LogP) is 8.30. The Morgan fingerprint density at radius 1 is 0.946 bits per heavy atom. The zero-order chi connectivity index (χ0) is 26.9. The number of hydrogen-bond donors (Lipinski definition) is 1. The number of dihydropyridines is 1. The van der Waals surface area contributed by atoms with Gasteiger partial charge in [0.2, 0.25) is 0 Å². The molecule has 3 heteroatoms. The Morgan fingerprint density at radius 2 is 1.65 bits per heavy atom. The van der Waals surface area contributed by atoms with E-state index < -0.39 is 0 Å². The molecule has 1 aliphatic rings. The summed E-state index contributed by atoms with van der Waals surface area (Å²) in [4.78, 5) is 12.5. The van der Waals surface area contributed by atoms with Crippen LogP contribution in [0.5, 0.6) is 0 Å². The van der Waals surface area contributed by atoms with Crippen LogP contribution in [0.3, 0.4) is 0 Å². The summed E-state index contributed by atoms with van der Waals surface area (Å²) in [5, 5.41) is 3.56. The van der Waals surface area contributed by atoms with Gasteiger partial charge in [0.05, 0.1) is 18.2 Å². The molecule has 3 rings (SSSR count). The van der Waals surface area contributed by atoms with Gasteiger partial charge in [-0.25, -0.2) is 0 Å². The maximum absolute atomic E-state index is 12.5. The number of rotatable bonds is 13. The quantitative estimate of drug-likeness (QED) is 0.300. The van der Waals surface area contributed by atoms with Gasteiger partial charge in [0.1, 0.15) is 5.78 Å². The van der Waals surface area contributed by atoms with Gasteiger partial charge in [-0.1, -0.05) is 81.3 Å². The van der Waals surface area contributed by atoms with Gasteiger partial charge in [-0.15, -0.1) is 0 Å². The number of carbonyl (C=O) groups is 1. The number of benzene rings is 2. The first-order valence-electron chi connectivity index (χ1n) is 14.1. The largest absolute Gasteiger partial charge is 0.381 e.